The minimum absolute atomic E-state index is 0.132. The molecule has 0 spiro atoms. The van der Waals surface area contributed by atoms with E-state index < -0.39 is 0 Å². The summed E-state index contributed by atoms with van der Waals surface area (Å²) in [6.07, 6.45) is 6.49. The van der Waals surface area contributed by atoms with Crippen LogP contribution in [0.25, 0.3) is 0 Å². The molecule has 4 rings (SSSR count). The summed E-state index contributed by atoms with van der Waals surface area (Å²) in [7, 11) is 0. The van der Waals surface area contributed by atoms with Crippen LogP contribution in [0.5, 0.6) is 0 Å². The molecule has 2 heterocycles. The third-order valence-electron chi connectivity index (χ3n) is 5.15. The second-order valence-electron chi connectivity index (χ2n) is 6.69. The molecular weight excluding hydrogens is 286 g/mol. The molecule has 4 nitrogen and oxygen atoms in total. The molecule has 1 aromatic heterocycles. The number of aliphatic hydroxyl groups is 1. The van der Waals surface area contributed by atoms with E-state index in [-0.39, 0.29) is 6.61 Å². The van der Waals surface area contributed by atoms with Crippen LogP contribution >= 0.6 is 0 Å². The summed E-state index contributed by atoms with van der Waals surface area (Å²) in [6.45, 7) is 2.17. The number of piperidine rings is 1. The molecule has 0 amide bonds. The highest BCUT2D eigenvalue weighted by molar-refractivity contribution is 5.42. The minimum Gasteiger partial charge on any atom is -0.392 e. The van der Waals surface area contributed by atoms with Crippen LogP contribution in [-0.4, -0.2) is 28.2 Å². The van der Waals surface area contributed by atoms with Crippen LogP contribution in [0.3, 0.4) is 0 Å². The molecule has 23 heavy (non-hydrogen) atoms. The van der Waals surface area contributed by atoms with Gasteiger partial charge in [0.1, 0.15) is 12.1 Å². The van der Waals surface area contributed by atoms with E-state index in [2.05, 4.69) is 33.1 Å². The molecule has 4 heteroatoms. The van der Waals surface area contributed by atoms with Crippen LogP contribution in [0.2, 0.25) is 0 Å². The number of hydrogen-bond donors (Lipinski definition) is 1. The van der Waals surface area contributed by atoms with E-state index in [1.165, 1.54) is 24.1 Å². The topological polar surface area (TPSA) is 49.2 Å². The Morgan fingerprint density at radius 2 is 1.78 bits per heavy atom. The first-order valence-corrected chi connectivity index (χ1v) is 8.60. The monoisotopic (exact) mass is 309 g/mol. The average Bonchev–Trinajstić information content (AvgIpc) is 3.47. The van der Waals surface area contributed by atoms with Crippen molar-refractivity contribution < 1.29 is 5.11 Å². The van der Waals surface area contributed by atoms with Crippen LogP contribution in [0.1, 0.15) is 54.3 Å². The number of nitrogens with zero attached hydrogens (tertiary/aromatic N) is 3. The van der Waals surface area contributed by atoms with E-state index in [9.17, 15) is 5.11 Å². The number of aliphatic hydroxyl groups excluding tert-OH is 1. The van der Waals surface area contributed by atoms with E-state index >= 15 is 0 Å². The van der Waals surface area contributed by atoms with Gasteiger partial charge in [-0.05, 0) is 42.7 Å². The van der Waals surface area contributed by atoms with Crippen molar-refractivity contribution in [3.8, 4) is 0 Å². The molecule has 2 aliphatic rings. The van der Waals surface area contributed by atoms with Gasteiger partial charge in [-0.15, -0.1) is 0 Å². The van der Waals surface area contributed by atoms with Gasteiger partial charge in [0.2, 0.25) is 0 Å². The smallest absolute Gasteiger partial charge is 0.132 e. The minimum atomic E-state index is 0.132. The van der Waals surface area contributed by atoms with Crippen LogP contribution in [0, 0.1) is 0 Å². The first kappa shape index (κ1) is 14.6. The van der Waals surface area contributed by atoms with E-state index in [0.717, 1.165) is 37.3 Å². The first-order valence-electron chi connectivity index (χ1n) is 8.60. The van der Waals surface area contributed by atoms with Crippen molar-refractivity contribution in [3.63, 3.8) is 0 Å². The fourth-order valence-electron chi connectivity index (χ4n) is 3.63. The summed E-state index contributed by atoms with van der Waals surface area (Å²) in [5, 5.41) is 9.54. The molecule has 0 atom stereocenters. The zero-order valence-corrected chi connectivity index (χ0v) is 13.4. The van der Waals surface area contributed by atoms with Gasteiger partial charge in [0.25, 0.3) is 0 Å². The Bertz CT molecular complexity index is 676. The predicted octanol–water partition coefficient (Wildman–Crippen LogP) is 3.23. The lowest BCUT2D eigenvalue weighted by molar-refractivity contribution is 0.279. The van der Waals surface area contributed by atoms with E-state index in [1.54, 1.807) is 6.33 Å². The van der Waals surface area contributed by atoms with Crippen LogP contribution in [-0.2, 0) is 6.61 Å². The quantitative estimate of drug-likeness (QED) is 0.942. The Morgan fingerprint density at radius 3 is 2.52 bits per heavy atom. The van der Waals surface area contributed by atoms with E-state index in [0.29, 0.717) is 11.8 Å². The Kier molecular flexibility index (Phi) is 4.00. The molecule has 1 N–H and O–H groups in total. The second-order valence-corrected chi connectivity index (χ2v) is 6.69. The lowest BCUT2D eigenvalue weighted by Gasteiger charge is -2.33. The second kappa shape index (κ2) is 6.28. The highest BCUT2D eigenvalue weighted by Gasteiger charge is 2.27. The maximum atomic E-state index is 9.54. The zero-order chi connectivity index (χ0) is 15.6. The Balaban J connectivity index is 1.45. The summed E-state index contributed by atoms with van der Waals surface area (Å²) in [5.74, 6) is 2.29. The molecule has 1 aliphatic heterocycles. The Labute approximate surface area is 137 Å². The van der Waals surface area contributed by atoms with Crippen LogP contribution < -0.4 is 4.90 Å². The van der Waals surface area contributed by atoms with Gasteiger partial charge in [0.15, 0.2) is 0 Å². The maximum absolute atomic E-state index is 9.54. The highest BCUT2D eigenvalue weighted by Crippen LogP contribution is 2.40. The molecule has 1 saturated carbocycles. The highest BCUT2D eigenvalue weighted by atomic mass is 16.3. The summed E-state index contributed by atoms with van der Waals surface area (Å²) in [4.78, 5) is 11.3. The summed E-state index contributed by atoms with van der Waals surface area (Å²) in [6, 6.07) is 10.5. The Morgan fingerprint density at radius 1 is 1.00 bits per heavy atom. The summed E-state index contributed by atoms with van der Waals surface area (Å²) in [5.41, 5.74) is 3.60. The number of anilines is 1. The molecule has 1 aliphatic carbocycles. The largest absolute Gasteiger partial charge is 0.392 e. The fourth-order valence-corrected chi connectivity index (χ4v) is 3.63. The summed E-state index contributed by atoms with van der Waals surface area (Å²) >= 11 is 0. The average molecular weight is 309 g/mol. The Hall–Kier alpha value is -1.94. The summed E-state index contributed by atoms with van der Waals surface area (Å²) < 4.78 is 0. The molecular formula is C19H23N3O. The molecule has 2 fully saturated rings. The zero-order valence-electron chi connectivity index (χ0n) is 13.4. The van der Waals surface area contributed by atoms with Gasteiger partial charge < -0.3 is 10.0 Å². The normalized spacial score (nSPS) is 19.1. The van der Waals surface area contributed by atoms with Crippen LogP contribution in [0.4, 0.5) is 5.82 Å². The molecule has 0 radical (unpaired) electrons. The third-order valence-corrected chi connectivity index (χ3v) is 5.15. The van der Waals surface area contributed by atoms with Gasteiger partial charge in [-0.3, -0.25) is 0 Å². The molecule has 1 saturated heterocycles. The number of benzene rings is 1. The van der Waals surface area contributed by atoms with Crippen molar-refractivity contribution in [3.05, 3.63) is 53.5 Å². The lowest BCUT2D eigenvalue weighted by Crippen LogP contribution is -2.33. The number of aromatic nitrogens is 2. The van der Waals surface area contributed by atoms with Gasteiger partial charge in [-0.25, -0.2) is 9.97 Å². The standard InChI is InChI=1S/C19H23N3O/c23-12-16-3-1-2-4-17(16)14-7-9-22(10-8-14)19-11-18(15-5-6-15)20-13-21-19/h1-4,11,13-15,23H,5-10,12H2. The predicted molar refractivity (Wildman–Crippen MR) is 90.6 cm³/mol. The molecule has 0 unspecified atom stereocenters. The fraction of sp³-hybridized carbons (Fsp3) is 0.474. The van der Waals surface area contributed by atoms with Gasteiger partial charge in [-0.2, -0.15) is 0 Å². The molecule has 120 valence electrons. The van der Waals surface area contributed by atoms with Crippen molar-refractivity contribution in [2.45, 2.75) is 44.1 Å². The maximum Gasteiger partial charge on any atom is 0.132 e. The number of hydrogen-bond acceptors (Lipinski definition) is 4. The van der Waals surface area contributed by atoms with Crippen molar-refractivity contribution in [2.75, 3.05) is 18.0 Å². The van der Waals surface area contributed by atoms with Gasteiger partial charge in [0.05, 0.1) is 6.61 Å². The van der Waals surface area contributed by atoms with Crippen molar-refractivity contribution in [1.82, 2.24) is 9.97 Å². The van der Waals surface area contributed by atoms with Gasteiger partial charge in [0, 0.05) is 30.8 Å². The van der Waals surface area contributed by atoms with Crippen LogP contribution in [0.15, 0.2) is 36.7 Å². The third kappa shape index (κ3) is 3.08. The lowest BCUT2D eigenvalue weighted by atomic mass is 9.86. The van der Waals surface area contributed by atoms with Crippen molar-refractivity contribution in [2.24, 2.45) is 0 Å². The van der Waals surface area contributed by atoms with E-state index in [1.807, 2.05) is 12.1 Å². The molecule has 2 aromatic rings. The number of rotatable bonds is 4. The first-order chi connectivity index (χ1) is 11.3. The van der Waals surface area contributed by atoms with Crippen molar-refractivity contribution >= 4 is 5.82 Å². The van der Waals surface area contributed by atoms with E-state index in [4.69, 9.17) is 0 Å². The van der Waals surface area contributed by atoms with Crippen molar-refractivity contribution in [1.29, 1.82) is 0 Å². The van der Waals surface area contributed by atoms with Gasteiger partial charge >= 0.3 is 0 Å². The SMILES string of the molecule is OCc1ccccc1C1CCN(c2cc(C3CC3)ncn2)CC1. The molecule has 1 aromatic carbocycles. The molecule has 0 bridgehead atoms. The van der Waals surface area contributed by atoms with Gasteiger partial charge in [-0.1, -0.05) is 24.3 Å².